The Kier molecular flexibility index (Phi) is 5.79. The highest BCUT2D eigenvalue weighted by molar-refractivity contribution is 7.91. The summed E-state index contributed by atoms with van der Waals surface area (Å²) in [6.45, 7) is 1.67. The van der Waals surface area contributed by atoms with E-state index in [9.17, 15) is 31.5 Å². The van der Waals surface area contributed by atoms with Gasteiger partial charge in [-0.1, -0.05) is 18.5 Å². The van der Waals surface area contributed by atoms with E-state index >= 15 is 0 Å². The predicted octanol–water partition coefficient (Wildman–Crippen LogP) is 2.39. The second-order valence-corrected chi connectivity index (χ2v) is 7.51. The highest BCUT2D eigenvalue weighted by Crippen LogP contribution is 2.39. The molecule has 0 saturated carbocycles. The van der Waals surface area contributed by atoms with E-state index in [2.05, 4.69) is 0 Å². The number of nitrogens with one attached hydrogen (secondary N) is 1. The number of sulfone groups is 1. The van der Waals surface area contributed by atoms with Gasteiger partial charge in [-0.2, -0.15) is 13.2 Å². The molecule has 2 N–H and O–H groups in total. The Morgan fingerprint density at radius 2 is 1.92 bits per heavy atom. The molecule has 0 fully saturated rings. The Morgan fingerprint density at radius 3 is 2.33 bits per heavy atom. The monoisotopic (exact) mass is 389 g/mol. The average Bonchev–Trinajstić information content (AvgIpc) is 2.47. The molecule has 0 aliphatic carbocycles. The maximum Gasteiger partial charge on any atom is 0.426 e. The number of hydrogen-bond donors (Lipinski definition) is 2. The van der Waals surface area contributed by atoms with E-state index in [4.69, 9.17) is 16.3 Å². The van der Waals surface area contributed by atoms with E-state index in [1.165, 1.54) is 6.92 Å². The van der Waals surface area contributed by atoms with Crippen molar-refractivity contribution in [2.45, 2.75) is 30.5 Å². The number of carbonyl (C=O) groups excluding carboxylic acids is 1. The van der Waals surface area contributed by atoms with Crippen LogP contribution < -0.4 is 10.1 Å². The summed E-state index contributed by atoms with van der Waals surface area (Å²) in [4.78, 5) is 11.4. The Hall–Kier alpha value is -1.52. The minimum atomic E-state index is -5.21. The largest absolute Gasteiger partial charge is 0.494 e. The van der Waals surface area contributed by atoms with Crippen LogP contribution in [0.3, 0.4) is 0 Å². The first-order valence-corrected chi connectivity index (χ1v) is 8.52. The standard InChI is InChI=1S/C13H15ClF3NO5S/c1-4-24(21,22)8-6-5-7(9(14)10(8)23-3)18-11(19)12(2,20)13(15,16)17/h5-6,20H,4H2,1-3H3,(H,18,19)/t12-/m1/s1. The Labute approximate surface area is 141 Å². The third-order valence-electron chi connectivity index (χ3n) is 3.22. The van der Waals surface area contributed by atoms with Crippen molar-refractivity contribution in [3.8, 4) is 5.75 Å². The van der Waals surface area contributed by atoms with Crippen molar-refractivity contribution in [2.24, 2.45) is 0 Å². The molecule has 6 nitrogen and oxygen atoms in total. The Bertz CT molecular complexity index is 747. The molecule has 0 heterocycles. The number of carbonyl (C=O) groups is 1. The molecule has 1 aromatic rings. The highest BCUT2D eigenvalue weighted by Gasteiger charge is 2.55. The fourth-order valence-electron chi connectivity index (χ4n) is 1.60. The zero-order valence-electron chi connectivity index (χ0n) is 12.9. The van der Waals surface area contributed by atoms with Gasteiger partial charge in [-0.15, -0.1) is 0 Å². The zero-order chi connectivity index (χ0) is 18.9. The van der Waals surface area contributed by atoms with Gasteiger partial charge in [0.25, 0.3) is 5.91 Å². The highest BCUT2D eigenvalue weighted by atomic mass is 35.5. The normalized spacial score (nSPS) is 14.8. The number of amides is 1. The quantitative estimate of drug-likeness (QED) is 0.806. The van der Waals surface area contributed by atoms with Crippen LogP contribution in [0.1, 0.15) is 13.8 Å². The molecule has 1 aromatic carbocycles. The number of halogens is 4. The molecule has 136 valence electrons. The van der Waals surface area contributed by atoms with Crippen molar-refractivity contribution in [3.63, 3.8) is 0 Å². The van der Waals surface area contributed by atoms with Gasteiger partial charge >= 0.3 is 6.18 Å². The molecule has 1 amide bonds. The van der Waals surface area contributed by atoms with Crippen LogP contribution in [-0.4, -0.2) is 44.1 Å². The molecule has 24 heavy (non-hydrogen) atoms. The summed E-state index contributed by atoms with van der Waals surface area (Å²) in [6, 6.07) is 2.05. The molecular weight excluding hydrogens is 375 g/mol. The maximum absolute atomic E-state index is 12.7. The predicted molar refractivity (Wildman–Crippen MR) is 81.0 cm³/mol. The van der Waals surface area contributed by atoms with Gasteiger partial charge in [-0.05, 0) is 19.1 Å². The number of aliphatic hydroxyl groups is 1. The first-order chi connectivity index (χ1) is 10.8. The summed E-state index contributed by atoms with van der Waals surface area (Å²) in [5, 5.41) is 10.7. The number of benzene rings is 1. The van der Waals surface area contributed by atoms with E-state index in [0.717, 1.165) is 19.2 Å². The number of rotatable bonds is 5. The summed E-state index contributed by atoms with van der Waals surface area (Å²) in [5.74, 6) is -2.35. The lowest BCUT2D eigenvalue weighted by atomic mass is 10.1. The van der Waals surface area contributed by atoms with Crippen molar-refractivity contribution in [1.82, 2.24) is 0 Å². The third-order valence-corrected chi connectivity index (χ3v) is 5.35. The van der Waals surface area contributed by atoms with Crippen LogP contribution in [0.25, 0.3) is 0 Å². The fraction of sp³-hybridized carbons (Fsp3) is 0.462. The van der Waals surface area contributed by atoms with Crippen molar-refractivity contribution in [3.05, 3.63) is 17.2 Å². The lowest BCUT2D eigenvalue weighted by Gasteiger charge is -2.25. The summed E-state index contributed by atoms with van der Waals surface area (Å²) >= 11 is 5.92. The zero-order valence-corrected chi connectivity index (χ0v) is 14.4. The van der Waals surface area contributed by atoms with Gasteiger partial charge in [-0.3, -0.25) is 4.79 Å². The minimum absolute atomic E-state index is 0.256. The van der Waals surface area contributed by atoms with Crippen LogP contribution in [0.2, 0.25) is 5.02 Å². The van der Waals surface area contributed by atoms with E-state index in [0.29, 0.717) is 0 Å². The van der Waals surface area contributed by atoms with Crippen molar-refractivity contribution < 1.29 is 36.2 Å². The van der Waals surface area contributed by atoms with Crippen LogP contribution in [0.15, 0.2) is 17.0 Å². The van der Waals surface area contributed by atoms with Gasteiger partial charge in [-0.25, -0.2) is 8.42 Å². The van der Waals surface area contributed by atoms with Crippen LogP contribution in [0.4, 0.5) is 18.9 Å². The molecular formula is C13H15ClF3NO5S. The number of anilines is 1. The van der Waals surface area contributed by atoms with Gasteiger partial charge in [0.1, 0.15) is 9.92 Å². The van der Waals surface area contributed by atoms with E-state index < -0.39 is 32.5 Å². The summed E-state index contributed by atoms with van der Waals surface area (Å²) in [6.07, 6.45) is -5.21. The second kappa shape index (κ2) is 6.77. The molecule has 0 aromatic heterocycles. The summed E-state index contributed by atoms with van der Waals surface area (Å²) in [5.41, 5.74) is -3.99. The van der Waals surface area contributed by atoms with E-state index in [1.54, 1.807) is 0 Å². The number of hydrogen-bond acceptors (Lipinski definition) is 5. The summed E-state index contributed by atoms with van der Waals surface area (Å²) < 4.78 is 66.7. The summed E-state index contributed by atoms with van der Waals surface area (Å²) in [7, 11) is -2.59. The van der Waals surface area contributed by atoms with Crippen molar-refractivity contribution >= 4 is 33.0 Å². The molecule has 0 aliphatic heterocycles. The lowest BCUT2D eigenvalue weighted by Crippen LogP contribution is -2.52. The van der Waals surface area contributed by atoms with Gasteiger partial charge in [0.2, 0.25) is 5.60 Å². The van der Waals surface area contributed by atoms with Gasteiger partial charge in [0.05, 0.1) is 18.6 Å². The van der Waals surface area contributed by atoms with E-state index in [-0.39, 0.29) is 29.0 Å². The van der Waals surface area contributed by atoms with Crippen LogP contribution in [-0.2, 0) is 14.6 Å². The van der Waals surface area contributed by atoms with Gasteiger partial charge < -0.3 is 15.2 Å². The minimum Gasteiger partial charge on any atom is -0.494 e. The molecule has 0 bridgehead atoms. The number of methoxy groups -OCH3 is 1. The SMILES string of the molecule is CCS(=O)(=O)c1ccc(NC(=O)[C@@](C)(O)C(F)(F)F)c(Cl)c1OC. The maximum atomic E-state index is 12.7. The Balaban J connectivity index is 3.33. The van der Waals surface area contributed by atoms with Crippen LogP contribution in [0.5, 0.6) is 5.75 Å². The number of ether oxygens (including phenoxy) is 1. The average molecular weight is 390 g/mol. The molecule has 0 spiro atoms. The van der Waals surface area contributed by atoms with Crippen molar-refractivity contribution in [1.29, 1.82) is 0 Å². The van der Waals surface area contributed by atoms with Gasteiger partial charge in [0.15, 0.2) is 15.6 Å². The second-order valence-electron chi connectivity index (χ2n) is 4.89. The molecule has 11 heteroatoms. The Morgan fingerprint density at radius 1 is 1.38 bits per heavy atom. The first-order valence-electron chi connectivity index (χ1n) is 6.49. The molecule has 0 saturated heterocycles. The van der Waals surface area contributed by atoms with Gasteiger partial charge in [0, 0.05) is 0 Å². The molecule has 1 rings (SSSR count). The fourth-order valence-corrected chi connectivity index (χ4v) is 3.00. The van der Waals surface area contributed by atoms with Crippen LogP contribution in [0, 0.1) is 0 Å². The lowest BCUT2D eigenvalue weighted by molar-refractivity contribution is -0.242. The smallest absolute Gasteiger partial charge is 0.426 e. The van der Waals surface area contributed by atoms with E-state index in [1.807, 2.05) is 5.32 Å². The molecule has 0 aliphatic rings. The molecule has 0 radical (unpaired) electrons. The van der Waals surface area contributed by atoms with Crippen molar-refractivity contribution in [2.75, 3.05) is 18.2 Å². The van der Waals surface area contributed by atoms with Crippen LogP contribution >= 0.6 is 11.6 Å². The third kappa shape index (κ3) is 3.76. The number of alkyl halides is 3. The molecule has 0 unspecified atom stereocenters. The first kappa shape index (κ1) is 20.5. The topological polar surface area (TPSA) is 92.7 Å². The molecule has 1 atom stereocenters.